The molecule has 0 radical (unpaired) electrons. The van der Waals surface area contributed by atoms with Gasteiger partial charge < -0.3 is 24.1 Å². The Labute approximate surface area is 255 Å². The van der Waals surface area contributed by atoms with Crippen molar-refractivity contribution in [2.24, 2.45) is 11.8 Å². The maximum atomic E-state index is 13.2. The minimum atomic E-state index is -1.95. The van der Waals surface area contributed by atoms with E-state index in [2.05, 4.69) is 0 Å². The van der Waals surface area contributed by atoms with Gasteiger partial charge in [0.25, 0.3) is 5.69 Å². The van der Waals surface area contributed by atoms with Crippen molar-refractivity contribution in [3.63, 3.8) is 0 Å². The molecule has 3 heterocycles. The number of carbonyl (C=O) groups is 4. The molecule has 0 bridgehead atoms. The van der Waals surface area contributed by atoms with Gasteiger partial charge in [0.05, 0.1) is 23.0 Å². The number of rotatable bonds is 10. The van der Waals surface area contributed by atoms with Crippen molar-refractivity contribution in [3.05, 3.63) is 50.5 Å². The van der Waals surface area contributed by atoms with Crippen LogP contribution in [0.4, 0.5) is 10.5 Å². The molecule has 0 saturated carbocycles. The Balaban J connectivity index is 1.50. The van der Waals surface area contributed by atoms with Gasteiger partial charge in [-0.25, -0.2) is 9.59 Å². The van der Waals surface area contributed by atoms with Crippen LogP contribution in [0.3, 0.4) is 0 Å². The molecule has 4 rings (SSSR count). The first-order valence-electron chi connectivity index (χ1n) is 14.0. The van der Waals surface area contributed by atoms with Crippen molar-refractivity contribution in [2.75, 3.05) is 20.6 Å². The summed E-state index contributed by atoms with van der Waals surface area (Å²) >= 11 is 1.30. The van der Waals surface area contributed by atoms with E-state index in [0.717, 1.165) is 0 Å². The van der Waals surface area contributed by atoms with E-state index in [-0.39, 0.29) is 66.1 Å². The van der Waals surface area contributed by atoms with Crippen LogP contribution in [0.25, 0.3) is 0 Å². The second-order valence-corrected chi connectivity index (χ2v) is 18.1. The normalized spacial score (nSPS) is 25.7. The van der Waals surface area contributed by atoms with E-state index in [1.165, 1.54) is 50.7 Å². The zero-order chi connectivity index (χ0) is 32.0. The lowest BCUT2D eigenvalue weighted by molar-refractivity contribution is -0.384. The summed E-state index contributed by atoms with van der Waals surface area (Å²) in [7, 11) is 1.24. The number of hydrogen-bond donors (Lipinski definition) is 1. The monoisotopic (exact) mass is 634 g/mol. The summed E-state index contributed by atoms with van der Waals surface area (Å²) in [4.78, 5) is 66.9. The fraction of sp³-hybridized carbons (Fsp3) is 0.571. The van der Waals surface area contributed by atoms with Gasteiger partial charge in [-0.2, -0.15) is 0 Å². The van der Waals surface area contributed by atoms with Gasteiger partial charge in [0.1, 0.15) is 18.3 Å². The number of aliphatic carboxylic acids is 1. The summed E-state index contributed by atoms with van der Waals surface area (Å²) in [6, 6.07) is 4.46. The van der Waals surface area contributed by atoms with Crippen molar-refractivity contribution in [3.8, 4) is 0 Å². The molecule has 0 unspecified atom stereocenters. The van der Waals surface area contributed by atoms with E-state index in [1.54, 1.807) is 14.1 Å². The zero-order valence-electron chi connectivity index (χ0n) is 25.3. The van der Waals surface area contributed by atoms with Crippen LogP contribution in [0, 0.1) is 22.0 Å². The van der Waals surface area contributed by atoms with Gasteiger partial charge >= 0.3 is 12.1 Å². The molecule has 2 saturated heterocycles. The topological polar surface area (TPSA) is 160 Å². The van der Waals surface area contributed by atoms with Gasteiger partial charge in [-0.3, -0.25) is 24.6 Å². The molecule has 2 fully saturated rings. The molecule has 13 nitrogen and oxygen atoms in total. The Morgan fingerprint density at radius 3 is 2.37 bits per heavy atom. The molecule has 1 N–H and O–H groups in total. The van der Waals surface area contributed by atoms with Crippen LogP contribution in [-0.4, -0.2) is 101 Å². The first kappa shape index (κ1) is 32.5. The first-order chi connectivity index (χ1) is 20.0. The second-order valence-electron chi connectivity index (χ2n) is 12.3. The Bertz CT molecular complexity index is 1350. The summed E-state index contributed by atoms with van der Waals surface area (Å²) < 4.78 is 11.7. The third kappa shape index (κ3) is 6.57. The number of nitrogens with zero attached hydrogens (tertiary/aromatic N) is 4. The minimum absolute atomic E-state index is 0.0429. The summed E-state index contributed by atoms with van der Waals surface area (Å²) in [6.07, 6.45) is -0.795. The van der Waals surface area contributed by atoms with E-state index in [1.807, 2.05) is 33.5 Å². The maximum Gasteiger partial charge on any atom is 0.410 e. The molecule has 0 spiro atoms. The number of hydrogen-bond acceptors (Lipinski definition) is 9. The Hall–Kier alpha value is -3.43. The maximum absolute atomic E-state index is 13.2. The molecule has 1 aromatic carbocycles. The third-order valence-electron chi connectivity index (χ3n) is 7.86. The zero-order valence-corrected chi connectivity index (χ0v) is 27.1. The number of likely N-dealkylation sites (N-methyl/N-ethyl adjacent to an activating group) is 1. The Kier molecular flexibility index (Phi) is 9.28. The number of benzene rings is 1. The lowest BCUT2D eigenvalue weighted by atomic mass is 9.79. The van der Waals surface area contributed by atoms with E-state index in [0.29, 0.717) is 10.5 Å². The third-order valence-corrected chi connectivity index (χ3v) is 10.4. The average molecular weight is 635 g/mol. The molecule has 3 amide bonds. The molecule has 1 aromatic rings. The summed E-state index contributed by atoms with van der Waals surface area (Å²) in [5.74, 6) is -2.47. The van der Waals surface area contributed by atoms with Gasteiger partial charge in [-0.05, 0) is 50.7 Å². The summed E-state index contributed by atoms with van der Waals surface area (Å²) in [6.45, 7) is 9.89. The molecule has 0 aliphatic carbocycles. The summed E-state index contributed by atoms with van der Waals surface area (Å²) in [5, 5.41) is 20.7. The van der Waals surface area contributed by atoms with Gasteiger partial charge in [0.2, 0.25) is 11.8 Å². The van der Waals surface area contributed by atoms with Gasteiger partial charge in [0.15, 0.2) is 8.32 Å². The number of ether oxygens (including phenoxy) is 1. The van der Waals surface area contributed by atoms with Gasteiger partial charge in [-0.1, -0.05) is 6.92 Å². The van der Waals surface area contributed by atoms with Crippen molar-refractivity contribution < 1.29 is 38.4 Å². The number of carbonyl (C=O) groups excluding carboxylic acids is 3. The highest BCUT2D eigenvalue weighted by molar-refractivity contribution is 8.03. The SMILES string of the molecule is C[C@@H](O[Si](C)(C)C)[C@H]1C(=O)N2C(C(=O)O)=C(S[C@H]3C[C@@H](C(=O)N(C)C)N(C(=O)OCc4ccc([N+](=O)[O-])cc4)C3)[C@H](C)[C@H]12. The van der Waals surface area contributed by atoms with Crippen LogP contribution in [0.1, 0.15) is 25.8 Å². The predicted octanol–water partition coefficient (Wildman–Crippen LogP) is 3.51. The molecule has 3 aliphatic heterocycles. The van der Waals surface area contributed by atoms with Crippen LogP contribution in [0.5, 0.6) is 0 Å². The van der Waals surface area contributed by atoms with Crippen molar-refractivity contribution >= 4 is 49.6 Å². The fourth-order valence-corrected chi connectivity index (χ4v) is 8.82. The Morgan fingerprint density at radius 1 is 1.21 bits per heavy atom. The molecule has 43 heavy (non-hydrogen) atoms. The van der Waals surface area contributed by atoms with Crippen LogP contribution < -0.4 is 0 Å². The minimum Gasteiger partial charge on any atom is -0.477 e. The molecule has 3 aliphatic rings. The number of thioether (sulfide) groups is 1. The highest BCUT2D eigenvalue weighted by Crippen LogP contribution is 2.52. The lowest BCUT2D eigenvalue weighted by Crippen LogP contribution is -2.64. The number of nitro groups is 1. The van der Waals surface area contributed by atoms with E-state index < -0.39 is 37.3 Å². The molecular formula is C28H38N4O9SSi. The number of carboxylic acids is 1. The first-order valence-corrected chi connectivity index (χ1v) is 18.3. The standard InChI is InChI=1S/C28H38N4O9SSi/c1-15-22-21(16(2)41-43(5,6)7)26(34)31(22)23(27(35)36)24(15)42-19-12-20(25(33)29(3)4)30(13-19)28(37)40-14-17-8-10-18(11-9-17)32(38)39/h8-11,15-16,19-22H,12-14H2,1-7H3,(H,35,36)/t15-,16-,19+,20+,21-,22-/m1/s1. The van der Waals surface area contributed by atoms with Crippen LogP contribution in [-0.2, 0) is 30.2 Å². The van der Waals surface area contributed by atoms with Gasteiger partial charge in [0, 0.05) is 48.8 Å². The van der Waals surface area contributed by atoms with Gasteiger partial charge in [-0.15, -0.1) is 11.8 Å². The molecule has 6 atom stereocenters. The van der Waals surface area contributed by atoms with E-state index in [4.69, 9.17) is 9.16 Å². The van der Waals surface area contributed by atoms with Crippen molar-refractivity contribution in [1.82, 2.24) is 14.7 Å². The van der Waals surface area contributed by atoms with E-state index >= 15 is 0 Å². The average Bonchev–Trinajstić information content (AvgIpc) is 3.43. The van der Waals surface area contributed by atoms with Crippen molar-refractivity contribution in [1.29, 1.82) is 0 Å². The van der Waals surface area contributed by atoms with Crippen LogP contribution in [0.15, 0.2) is 34.9 Å². The summed E-state index contributed by atoms with van der Waals surface area (Å²) in [5.41, 5.74) is 0.420. The number of non-ortho nitro benzene ring substituents is 1. The fourth-order valence-electron chi connectivity index (χ4n) is 6.03. The number of nitro benzene ring substituents is 1. The van der Waals surface area contributed by atoms with Crippen molar-refractivity contribution in [2.45, 2.75) is 70.0 Å². The number of carboxylic acid groups (broad SMARTS) is 1. The van der Waals surface area contributed by atoms with Crippen LogP contribution >= 0.6 is 11.8 Å². The predicted molar refractivity (Wildman–Crippen MR) is 160 cm³/mol. The number of likely N-dealkylation sites (tertiary alicyclic amines) is 1. The van der Waals surface area contributed by atoms with E-state index in [9.17, 15) is 34.4 Å². The molecule has 234 valence electrons. The smallest absolute Gasteiger partial charge is 0.410 e. The lowest BCUT2D eigenvalue weighted by Gasteiger charge is -2.48. The molecule has 15 heteroatoms. The second kappa shape index (κ2) is 12.3. The highest BCUT2D eigenvalue weighted by atomic mass is 32.2. The highest BCUT2D eigenvalue weighted by Gasteiger charge is 2.61. The molecule has 0 aromatic heterocycles. The van der Waals surface area contributed by atoms with Crippen LogP contribution in [0.2, 0.25) is 19.6 Å². The molecular weight excluding hydrogens is 596 g/mol. The number of amides is 3. The Morgan fingerprint density at radius 2 is 1.84 bits per heavy atom. The largest absolute Gasteiger partial charge is 0.477 e. The number of fused-ring (bicyclic) bond motifs is 1. The quantitative estimate of drug-likeness (QED) is 0.175. The number of β-lactam (4-membered cyclic amide) rings is 1.